The summed E-state index contributed by atoms with van der Waals surface area (Å²) in [5.74, 6) is -2.89. The largest absolute Gasteiger partial charge is 0.373 e. The van der Waals surface area contributed by atoms with E-state index in [1.54, 1.807) is 0 Å². The fourth-order valence-electron chi connectivity index (χ4n) is 3.99. The van der Waals surface area contributed by atoms with E-state index in [1.807, 2.05) is 0 Å². The Hall–Kier alpha value is -3.08. The maximum Gasteiger partial charge on any atom is 0.322 e. The summed E-state index contributed by atoms with van der Waals surface area (Å²) in [6.45, 7) is 0.360. The van der Waals surface area contributed by atoms with Crippen molar-refractivity contribution in [3.63, 3.8) is 0 Å². The van der Waals surface area contributed by atoms with E-state index in [0.717, 1.165) is 18.2 Å². The number of ether oxygens (including phenoxy) is 1. The number of aromatic nitrogens is 1. The second-order valence-electron chi connectivity index (χ2n) is 7.62. The number of rotatable bonds is 4. The van der Waals surface area contributed by atoms with E-state index in [4.69, 9.17) is 22.1 Å². The number of hydrogen-bond acceptors (Lipinski definition) is 4. The first kappa shape index (κ1) is 23.1. The topological polar surface area (TPSA) is 89.6 Å². The van der Waals surface area contributed by atoms with Gasteiger partial charge in [-0.1, -0.05) is 11.6 Å². The number of fused-ring (bicyclic) bond motifs is 3. The van der Waals surface area contributed by atoms with Crippen LogP contribution in [0.3, 0.4) is 0 Å². The van der Waals surface area contributed by atoms with Crippen LogP contribution >= 0.6 is 11.6 Å². The summed E-state index contributed by atoms with van der Waals surface area (Å²) in [6.07, 6.45) is 0. The number of benzene rings is 2. The molecule has 1 aliphatic rings. The Morgan fingerprint density at radius 3 is 2.58 bits per heavy atom. The second kappa shape index (κ2) is 9.05. The fraction of sp³-hybridized carbons (Fsp3) is 0.273. The molecule has 0 saturated carbocycles. The van der Waals surface area contributed by atoms with Crippen molar-refractivity contribution < 1.29 is 22.7 Å². The number of halogens is 4. The molecule has 0 unspecified atom stereocenters. The summed E-state index contributed by atoms with van der Waals surface area (Å²) >= 11 is 5.78. The molecule has 3 N–H and O–H groups in total. The number of likely N-dealkylation sites (N-methyl/N-ethyl adjacent to an activating group) is 1. The molecule has 1 aromatic heterocycles. The molecule has 0 aliphatic carbocycles. The summed E-state index contributed by atoms with van der Waals surface area (Å²) in [7, 11) is 1.49. The molecule has 3 aromatic rings. The molecule has 2 aromatic carbocycles. The van der Waals surface area contributed by atoms with Crippen molar-refractivity contribution in [3.05, 3.63) is 74.4 Å². The first-order chi connectivity index (χ1) is 15.7. The van der Waals surface area contributed by atoms with Gasteiger partial charge in [-0.3, -0.25) is 4.79 Å². The Bertz CT molecular complexity index is 1310. The van der Waals surface area contributed by atoms with Crippen molar-refractivity contribution in [1.82, 2.24) is 9.47 Å². The lowest BCUT2D eigenvalue weighted by molar-refractivity contribution is 0.0500. The van der Waals surface area contributed by atoms with Crippen LogP contribution in [0.5, 0.6) is 0 Å². The Kier molecular flexibility index (Phi) is 6.33. The Morgan fingerprint density at radius 1 is 1.21 bits per heavy atom. The zero-order chi connectivity index (χ0) is 23.9. The van der Waals surface area contributed by atoms with Gasteiger partial charge in [0.2, 0.25) is 0 Å². The van der Waals surface area contributed by atoms with Crippen molar-refractivity contribution in [2.45, 2.75) is 19.2 Å². The summed E-state index contributed by atoms with van der Waals surface area (Å²) in [5, 5.41) is 2.63. The van der Waals surface area contributed by atoms with E-state index < -0.39 is 35.1 Å². The summed E-state index contributed by atoms with van der Waals surface area (Å²) in [6, 6.07) is 4.24. The maximum absolute atomic E-state index is 14.2. The third-order valence-electron chi connectivity index (χ3n) is 5.62. The molecule has 2 heterocycles. The van der Waals surface area contributed by atoms with Crippen molar-refractivity contribution in [2.75, 3.05) is 25.5 Å². The monoisotopic (exact) mass is 480 g/mol. The van der Waals surface area contributed by atoms with Gasteiger partial charge in [-0.15, -0.1) is 0 Å². The highest BCUT2D eigenvalue weighted by molar-refractivity contribution is 6.31. The van der Waals surface area contributed by atoms with E-state index in [2.05, 4.69) is 5.32 Å². The minimum absolute atomic E-state index is 0.0212. The standard InChI is InChI=1S/C22H20ClF3N4O3/c1-29(22(32)28-11-2-3-15(24)14(23)6-11)18-9-33-10-19-20(18)12-7-16(25)17(26)8-13(12)21(31)30(19)5-4-27/h2-3,6-8,18H,4-5,9-10,27H2,1H3,(H,28,32)/t18-/m0/s1. The van der Waals surface area contributed by atoms with E-state index in [9.17, 15) is 22.8 Å². The number of nitrogens with two attached hydrogens (primary N) is 1. The number of carbonyl (C=O) groups excluding carboxylic acids is 1. The Morgan fingerprint density at radius 2 is 1.91 bits per heavy atom. The lowest BCUT2D eigenvalue weighted by Gasteiger charge is -2.35. The number of hydrogen-bond donors (Lipinski definition) is 2. The van der Waals surface area contributed by atoms with E-state index in [0.29, 0.717) is 11.3 Å². The number of anilines is 1. The first-order valence-electron chi connectivity index (χ1n) is 10.0. The predicted molar refractivity (Wildman–Crippen MR) is 118 cm³/mol. The van der Waals surface area contributed by atoms with Gasteiger partial charge in [-0.05, 0) is 35.7 Å². The van der Waals surface area contributed by atoms with Crippen LogP contribution in [0, 0.1) is 17.5 Å². The minimum Gasteiger partial charge on any atom is -0.373 e. The van der Waals surface area contributed by atoms with Crippen LogP contribution < -0.4 is 16.6 Å². The molecule has 0 radical (unpaired) electrons. The molecule has 7 nitrogen and oxygen atoms in total. The minimum atomic E-state index is -1.15. The fourth-order valence-corrected chi connectivity index (χ4v) is 4.17. The molecule has 0 bridgehead atoms. The molecule has 11 heteroatoms. The molecular weight excluding hydrogens is 461 g/mol. The molecule has 174 valence electrons. The molecule has 0 fully saturated rings. The normalized spacial score (nSPS) is 15.4. The molecule has 1 aliphatic heterocycles. The molecule has 2 amide bonds. The number of nitrogens with one attached hydrogen (secondary N) is 1. The molecule has 1 atom stereocenters. The summed E-state index contributed by atoms with van der Waals surface area (Å²) < 4.78 is 48.6. The molecule has 33 heavy (non-hydrogen) atoms. The average Bonchev–Trinajstić information content (AvgIpc) is 2.79. The van der Waals surface area contributed by atoms with Crippen LogP contribution in [0.25, 0.3) is 10.8 Å². The first-order valence-corrected chi connectivity index (χ1v) is 10.4. The maximum atomic E-state index is 14.2. The highest BCUT2D eigenvalue weighted by atomic mass is 35.5. The van der Waals surface area contributed by atoms with E-state index >= 15 is 0 Å². The van der Waals surface area contributed by atoms with Crippen LogP contribution in [-0.4, -0.2) is 35.7 Å². The third kappa shape index (κ3) is 4.17. The number of carbonyl (C=O) groups is 1. The van der Waals surface area contributed by atoms with Crippen LogP contribution in [0.2, 0.25) is 5.02 Å². The second-order valence-corrected chi connectivity index (χ2v) is 8.03. The Labute approximate surface area is 191 Å². The van der Waals surface area contributed by atoms with Gasteiger partial charge in [-0.25, -0.2) is 18.0 Å². The van der Waals surface area contributed by atoms with Crippen LogP contribution in [-0.2, 0) is 17.9 Å². The molecular formula is C22H20ClF3N4O3. The van der Waals surface area contributed by atoms with E-state index in [1.165, 1.54) is 28.6 Å². The van der Waals surface area contributed by atoms with Gasteiger partial charge in [0.15, 0.2) is 11.6 Å². The van der Waals surface area contributed by atoms with Crippen molar-refractivity contribution in [1.29, 1.82) is 0 Å². The third-order valence-corrected chi connectivity index (χ3v) is 5.91. The van der Waals surface area contributed by atoms with Crippen molar-refractivity contribution in [2.24, 2.45) is 5.73 Å². The van der Waals surface area contributed by atoms with Gasteiger partial charge in [0.1, 0.15) is 5.82 Å². The average molecular weight is 481 g/mol. The Balaban J connectivity index is 1.81. The van der Waals surface area contributed by atoms with Gasteiger partial charge in [0.05, 0.1) is 35.4 Å². The summed E-state index contributed by atoms with van der Waals surface area (Å²) in [5.41, 5.74) is 6.31. The molecule has 0 spiro atoms. The van der Waals surface area contributed by atoms with E-state index in [-0.39, 0.29) is 47.8 Å². The lowest BCUT2D eigenvalue weighted by atomic mass is 9.95. The van der Waals surface area contributed by atoms with Gasteiger partial charge < -0.3 is 25.3 Å². The number of amides is 2. The number of urea groups is 1. The SMILES string of the molecule is CN(C(=O)Nc1ccc(F)c(Cl)c1)[C@H]1COCc2c1c1cc(F)c(F)cc1c(=O)n2CCN. The van der Waals surface area contributed by atoms with Crippen LogP contribution in [0.15, 0.2) is 35.1 Å². The zero-order valence-corrected chi connectivity index (χ0v) is 18.3. The number of pyridine rings is 1. The van der Waals surface area contributed by atoms with Gasteiger partial charge in [0.25, 0.3) is 5.56 Å². The number of nitrogens with zero attached hydrogens (tertiary/aromatic N) is 2. The molecule has 4 rings (SSSR count). The smallest absolute Gasteiger partial charge is 0.322 e. The van der Waals surface area contributed by atoms with Gasteiger partial charge >= 0.3 is 6.03 Å². The van der Waals surface area contributed by atoms with Gasteiger partial charge in [0, 0.05) is 31.4 Å². The predicted octanol–water partition coefficient (Wildman–Crippen LogP) is 3.77. The highest BCUT2D eigenvalue weighted by Crippen LogP contribution is 2.35. The highest BCUT2D eigenvalue weighted by Gasteiger charge is 2.32. The van der Waals surface area contributed by atoms with Gasteiger partial charge in [-0.2, -0.15) is 0 Å². The van der Waals surface area contributed by atoms with Crippen molar-refractivity contribution >= 4 is 34.1 Å². The van der Waals surface area contributed by atoms with Crippen molar-refractivity contribution in [3.8, 4) is 0 Å². The summed E-state index contributed by atoms with van der Waals surface area (Å²) in [4.78, 5) is 27.3. The zero-order valence-electron chi connectivity index (χ0n) is 17.5. The van der Waals surface area contributed by atoms with Crippen LogP contribution in [0.1, 0.15) is 17.3 Å². The lowest BCUT2D eigenvalue weighted by Crippen LogP contribution is -2.41. The van der Waals surface area contributed by atoms with Crippen LogP contribution in [0.4, 0.5) is 23.7 Å². The molecule has 0 saturated heterocycles. The quantitative estimate of drug-likeness (QED) is 0.595.